The maximum atomic E-state index is 13.3. The van der Waals surface area contributed by atoms with Gasteiger partial charge in [0.25, 0.3) is 11.4 Å². The highest BCUT2D eigenvalue weighted by Crippen LogP contribution is 2.41. The highest BCUT2D eigenvalue weighted by molar-refractivity contribution is 5.91. The normalized spacial score (nSPS) is 20.2. The quantitative estimate of drug-likeness (QED) is 0.612. The summed E-state index contributed by atoms with van der Waals surface area (Å²) in [5, 5.41) is 24.5. The van der Waals surface area contributed by atoms with Crippen LogP contribution in [-0.4, -0.2) is 38.6 Å². The van der Waals surface area contributed by atoms with Gasteiger partial charge in [0, 0.05) is 24.3 Å². The van der Waals surface area contributed by atoms with Crippen LogP contribution >= 0.6 is 0 Å². The van der Waals surface area contributed by atoms with Crippen LogP contribution in [0.4, 0.5) is 18.9 Å². The summed E-state index contributed by atoms with van der Waals surface area (Å²) in [6.07, 6.45) is -4.72. The van der Waals surface area contributed by atoms with E-state index in [4.69, 9.17) is 0 Å². The predicted octanol–water partition coefficient (Wildman–Crippen LogP) is 3.17. The van der Waals surface area contributed by atoms with Gasteiger partial charge >= 0.3 is 6.18 Å². The zero-order valence-electron chi connectivity index (χ0n) is 14.0. The number of rotatable bonds is 6. The highest BCUT2D eigenvalue weighted by Gasteiger charge is 2.62. The lowest BCUT2D eigenvalue weighted by Crippen LogP contribution is -2.57. The van der Waals surface area contributed by atoms with E-state index in [1.807, 2.05) is 6.92 Å². The van der Waals surface area contributed by atoms with Gasteiger partial charge in [-0.2, -0.15) is 23.3 Å². The van der Waals surface area contributed by atoms with E-state index in [1.54, 1.807) is 0 Å². The van der Waals surface area contributed by atoms with Crippen molar-refractivity contribution < 1.29 is 28.0 Å². The third-order valence-corrected chi connectivity index (χ3v) is 4.05. The average Bonchev–Trinajstić information content (AvgIpc) is 2.91. The second-order valence-corrected chi connectivity index (χ2v) is 6.07. The van der Waals surface area contributed by atoms with Crippen molar-refractivity contribution >= 4 is 17.3 Å². The first-order valence-electron chi connectivity index (χ1n) is 8.00. The number of halogens is 3. The van der Waals surface area contributed by atoms with E-state index in [1.165, 1.54) is 12.1 Å². The number of nitrogens with zero attached hydrogens (tertiary/aromatic N) is 3. The molecule has 0 aliphatic carbocycles. The summed E-state index contributed by atoms with van der Waals surface area (Å²) in [6.45, 7) is 1.86. The number of carbonyl (C=O) groups excluding carboxylic acids is 1. The summed E-state index contributed by atoms with van der Waals surface area (Å²) in [5.74, 6) is -1.04. The lowest BCUT2D eigenvalue weighted by atomic mass is 10.0. The fraction of sp³-hybridized carbons (Fsp3) is 0.500. The second kappa shape index (κ2) is 7.40. The van der Waals surface area contributed by atoms with Crippen LogP contribution in [0, 0.1) is 10.1 Å². The molecule has 1 aliphatic rings. The van der Waals surface area contributed by atoms with Crippen LogP contribution in [0.3, 0.4) is 0 Å². The fourth-order valence-electron chi connectivity index (χ4n) is 2.61. The molecule has 0 radical (unpaired) electrons. The molecule has 1 atom stereocenters. The van der Waals surface area contributed by atoms with Crippen molar-refractivity contribution in [1.82, 2.24) is 5.01 Å². The molecule has 1 amide bonds. The minimum Gasteiger partial charge on any atom is -0.362 e. The lowest BCUT2D eigenvalue weighted by molar-refractivity contribution is -0.384. The van der Waals surface area contributed by atoms with Gasteiger partial charge in [0.15, 0.2) is 0 Å². The number of hydrazone groups is 1. The van der Waals surface area contributed by atoms with Gasteiger partial charge in [-0.25, -0.2) is 0 Å². The monoisotopic (exact) mass is 373 g/mol. The zero-order chi connectivity index (χ0) is 19.5. The average molecular weight is 373 g/mol. The predicted molar refractivity (Wildman–Crippen MR) is 86.2 cm³/mol. The Hall–Kier alpha value is -2.49. The minimum atomic E-state index is -5.06. The van der Waals surface area contributed by atoms with Gasteiger partial charge in [0.2, 0.25) is 5.91 Å². The number of hydrogen-bond acceptors (Lipinski definition) is 5. The van der Waals surface area contributed by atoms with Crippen LogP contribution in [0.5, 0.6) is 0 Å². The first kappa shape index (κ1) is 19.8. The summed E-state index contributed by atoms with van der Waals surface area (Å²) in [4.78, 5) is 22.3. The van der Waals surface area contributed by atoms with Gasteiger partial charge in [0.05, 0.1) is 11.3 Å². The molecule has 1 aromatic rings. The van der Waals surface area contributed by atoms with E-state index in [0.29, 0.717) is 6.42 Å². The summed E-state index contributed by atoms with van der Waals surface area (Å²) < 4.78 is 40.0. The molecule has 0 unspecified atom stereocenters. The smallest absolute Gasteiger partial charge is 0.362 e. The van der Waals surface area contributed by atoms with Crippen molar-refractivity contribution in [2.24, 2.45) is 5.10 Å². The number of carbonyl (C=O) groups is 1. The summed E-state index contributed by atoms with van der Waals surface area (Å²) in [7, 11) is 0. The number of non-ortho nitro benzene ring substituents is 1. The largest absolute Gasteiger partial charge is 0.438 e. The number of alkyl halides is 3. The Morgan fingerprint density at radius 2 is 2.00 bits per heavy atom. The van der Waals surface area contributed by atoms with Crippen LogP contribution < -0.4 is 0 Å². The molecule has 0 spiro atoms. The zero-order valence-corrected chi connectivity index (χ0v) is 14.0. The van der Waals surface area contributed by atoms with Crippen LogP contribution in [0.1, 0.15) is 38.2 Å². The summed E-state index contributed by atoms with van der Waals surface area (Å²) in [5.41, 5.74) is -3.17. The van der Waals surface area contributed by atoms with Crippen molar-refractivity contribution in [3.05, 3.63) is 39.9 Å². The van der Waals surface area contributed by atoms with Gasteiger partial charge in [-0.05, 0) is 18.4 Å². The van der Waals surface area contributed by atoms with Crippen LogP contribution in [-0.2, 0) is 11.2 Å². The number of amides is 1. The topological polar surface area (TPSA) is 96.0 Å². The van der Waals surface area contributed by atoms with E-state index >= 15 is 0 Å². The SMILES string of the molecule is CCCCC1=NN(C(=O)Cc2ccc([N+](=O)[O-])cc2)[C@](O)(C(F)(F)F)C1. The molecule has 1 aliphatic heterocycles. The lowest BCUT2D eigenvalue weighted by Gasteiger charge is -2.32. The molecule has 1 aromatic carbocycles. The Morgan fingerprint density at radius 1 is 1.38 bits per heavy atom. The molecular formula is C16H18F3N3O4. The van der Waals surface area contributed by atoms with E-state index in [2.05, 4.69) is 5.10 Å². The van der Waals surface area contributed by atoms with E-state index in [-0.39, 0.29) is 28.4 Å². The Bertz CT molecular complexity index is 718. The Balaban J connectivity index is 2.22. The molecule has 142 valence electrons. The Kier molecular flexibility index (Phi) is 5.65. The summed E-state index contributed by atoms with van der Waals surface area (Å²) in [6, 6.07) is 4.86. The number of unbranched alkanes of at least 4 members (excludes halogenated alkanes) is 1. The van der Waals surface area contributed by atoms with Gasteiger partial charge in [-0.3, -0.25) is 14.9 Å². The number of aliphatic hydroxyl groups is 1. The number of nitro benzene ring substituents is 1. The van der Waals surface area contributed by atoms with Crippen LogP contribution in [0.15, 0.2) is 29.4 Å². The molecule has 0 saturated carbocycles. The maximum absolute atomic E-state index is 13.3. The van der Waals surface area contributed by atoms with Gasteiger partial charge in [0.1, 0.15) is 0 Å². The Morgan fingerprint density at radius 3 is 2.50 bits per heavy atom. The molecule has 0 fully saturated rings. The highest BCUT2D eigenvalue weighted by atomic mass is 19.4. The number of nitro groups is 1. The molecule has 7 nitrogen and oxygen atoms in total. The minimum absolute atomic E-state index is 0.0966. The van der Waals surface area contributed by atoms with Gasteiger partial charge < -0.3 is 5.11 Å². The summed E-state index contributed by atoms with van der Waals surface area (Å²) >= 11 is 0. The Labute approximate surface area is 147 Å². The molecule has 2 rings (SSSR count). The molecule has 0 bridgehead atoms. The second-order valence-electron chi connectivity index (χ2n) is 6.07. The van der Waals surface area contributed by atoms with Gasteiger partial charge in [-0.15, -0.1) is 0 Å². The maximum Gasteiger partial charge on any atom is 0.438 e. The third-order valence-electron chi connectivity index (χ3n) is 4.05. The van der Waals surface area contributed by atoms with E-state index in [0.717, 1.165) is 18.6 Å². The molecule has 1 heterocycles. The van der Waals surface area contributed by atoms with Crippen LogP contribution in [0.2, 0.25) is 0 Å². The molecule has 0 aromatic heterocycles. The van der Waals surface area contributed by atoms with E-state index in [9.17, 15) is 33.2 Å². The fourth-order valence-corrected chi connectivity index (χ4v) is 2.61. The van der Waals surface area contributed by atoms with Crippen molar-refractivity contribution in [2.75, 3.05) is 0 Å². The van der Waals surface area contributed by atoms with Crippen molar-refractivity contribution in [3.8, 4) is 0 Å². The molecule has 10 heteroatoms. The number of benzene rings is 1. The van der Waals surface area contributed by atoms with Crippen molar-refractivity contribution in [1.29, 1.82) is 0 Å². The molecular weight excluding hydrogens is 355 g/mol. The first-order valence-corrected chi connectivity index (χ1v) is 8.00. The first-order chi connectivity index (χ1) is 12.1. The van der Waals surface area contributed by atoms with Crippen LogP contribution in [0.25, 0.3) is 0 Å². The molecule has 1 N–H and O–H groups in total. The third kappa shape index (κ3) is 4.01. The van der Waals surface area contributed by atoms with E-state index < -0.39 is 35.6 Å². The number of hydrogen-bond donors (Lipinski definition) is 1. The van der Waals surface area contributed by atoms with Crippen molar-refractivity contribution in [2.45, 2.75) is 50.9 Å². The van der Waals surface area contributed by atoms with Crippen molar-refractivity contribution in [3.63, 3.8) is 0 Å². The molecule has 0 saturated heterocycles. The standard InChI is InChI=1S/C16H18F3N3O4/c1-2-3-4-12-10-15(24,16(17,18)19)21(20-12)14(23)9-11-5-7-13(8-6-11)22(25)26/h5-8,24H,2-4,9-10H2,1H3/t15-/m1/s1. The molecule has 26 heavy (non-hydrogen) atoms. The van der Waals surface area contributed by atoms with Gasteiger partial charge in [-0.1, -0.05) is 25.5 Å².